The molecule has 3 nitrogen and oxygen atoms in total. The van der Waals surface area contributed by atoms with Crippen LogP contribution in [0.5, 0.6) is 0 Å². The van der Waals surface area contributed by atoms with Gasteiger partial charge in [0.2, 0.25) is 5.91 Å². The van der Waals surface area contributed by atoms with Crippen molar-refractivity contribution in [3.8, 4) is 0 Å². The molecule has 1 heterocycles. The third kappa shape index (κ3) is 4.07. The Balaban J connectivity index is 1.86. The van der Waals surface area contributed by atoms with Crippen LogP contribution in [0.15, 0.2) is 61.2 Å². The number of benzene rings is 2. The van der Waals surface area contributed by atoms with Crippen LogP contribution < -0.4 is 10.2 Å². The van der Waals surface area contributed by atoms with Gasteiger partial charge >= 0.3 is 6.18 Å². The van der Waals surface area contributed by atoms with Crippen molar-refractivity contribution < 1.29 is 18.0 Å². The molecule has 0 aliphatic carbocycles. The van der Waals surface area contributed by atoms with E-state index in [1.807, 2.05) is 29.2 Å². The minimum absolute atomic E-state index is 0.124. The lowest BCUT2D eigenvalue weighted by molar-refractivity contribution is -0.137. The number of hydrogen-bond acceptors (Lipinski definition) is 2. The summed E-state index contributed by atoms with van der Waals surface area (Å²) in [6.07, 6.45) is -2.47. The highest BCUT2D eigenvalue weighted by molar-refractivity contribution is 5.87. The largest absolute Gasteiger partial charge is 0.416 e. The maximum atomic E-state index is 13.0. The molecule has 136 valence electrons. The molecule has 1 unspecified atom stereocenters. The van der Waals surface area contributed by atoms with Crippen LogP contribution >= 0.6 is 0 Å². The minimum Gasteiger partial charge on any atom is -0.365 e. The fourth-order valence-electron chi connectivity index (χ4n) is 3.26. The first kappa shape index (κ1) is 18.0. The molecule has 1 atom stereocenters. The van der Waals surface area contributed by atoms with E-state index < -0.39 is 11.7 Å². The molecule has 1 N–H and O–H groups in total. The zero-order valence-corrected chi connectivity index (χ0v) is 14.1. The molecular formula is C20H19F3N2O. The molecule has 6 heteroatoms. The Bertz CT molecular complexity index is 817. The van der Waals surface area contributed by atoms with Crippen molar-refractivity contribution in [2.45, 2.75) is 25.2 Å². The van der Waals surface area contributed by atoms with Crippen molar-refractivity contribution in [3.63, 3.8) is 0 Å². The van der Waals surface area contributed by atoms with E-state index in [9.17, 15) is 18.0 Å². The third-order valence-electron chi connectivity index (χ3n) is 4.40. The van der Waals surface area contributed by atoms with Crippen LogP contribution in [0.2, 0.25) is 0 Å². The summed E-state index contributed by atoms with van der Waals surface area (Å²) in [7, 11) is 0. The Hall–Kier alpha value is -2.76. The van der Waals surface area contributed by atoms with Gasteiger partial charge in [0.05, 0.1) is 11.6 Å². The summed E-state index contributed by atoms with van der Waals surface area (Å²) < 4.78 is 38.9. The lowest BCUT2D eigenvalue weighted by Gasteiger charge is -2.36. The number of amides is 1. The number of nitrogens with zero attached hydrogens (tertiary/aromatic N) is 1. The first-order valence-electron chi connectivity index (χ1n) is 8.29. The number of fused-ring (bicyclic) bond motifs is 1. The molecule has 0 saturated heterocycles. The second-order valence-electron chi connectivity index (χ2n) is 6.32. The number of carbonyl (C=O) groups is 1. The number of anilines is 1. The van der Waals surface area contributed by atoms with Crippen LogP contribution in [0.25, 0.3) is 0 Å². The number of rotatable bonds is 4. The first-order valence-corrected chi connectivity index (χ1v) is 8.29. The highest BCUT2D eigenvalue weighted by Gasteiger charge is 2.31. The number of halogens is 3. The Morgan fingerprint density at radius 1 is 1.23 bits per heavy atom. The van der Waals surface area contributed by atoms with Gasteiger partial charge in [-0.1, -0.05) is 36.9 Å². The topological polar surface area (TPSA) is 32.3 Å². The maximum Gasteiger partial charge on any atom is 0.416 e. The van der Waals surface area contributed by atoms with Gasteiger partial charge < -0.3 is 10.2 Å². The monoisotopic (exact) mass is 360 g/mol. The van der Waals surface area contributed by atoms with Crippen molar-refractivity contribution in [2.24, 2.45) is 0 Å². The minimum atomic E-state index is -4.36. The Kier molecular flexibility index (Phi) is 5.02. The summed E-state index contributed by atoms with van der Waals surface area (Å²) in [5.74, 6) is -0.256. The summed E-state index contributed by atoms with van der Waals surface area (Å²) in [5, 5.41) is 2.88. The zero-order chi connectivity index (χ0) is 18.7. The van der Waals surface area contributed by atoms with Crippen LogP contribution in [0.1, 0.15) is 16.7 Å². The molecule has 0 fully saturated rings. The Labute approximate surface area is 150 Å². The Morgan fingerprint density at radius 2 is 2.00 bits per heavy atom. The van der Waals surface area contributed by atoms with Crippen molar-refractivity contribution >= 4 is 11.6 Å². The summed E-state index contributed by atoms with van der Waals surface area (Å²) in [5.41, 5.74) is 1.95. The predicted molar refractivity (Wildman–Crippen MR) is 94.8 cm³/mol. The second kappa shape index (κ2) is 7.23. The van der Waals surface area contributed by atoms with Crippen LogP contribution in [-0.4, -0.2) is 18.5 Å². The molecule has 1 aliphatic heterocycles. The number of para-hydroxylation sites is 1. The van der Waals surface area contributed by atoms with Crippen LogP contribution in [0, 0.1) is 0 Å². The predicted octanol–water partition coefficient (Wildman–Crippen LogP) is 3.94. The fourth-order valence-corrected chi connectivity index (χ4v) is 3.26. The van der Waals surface area contributed by atoms with E-state index in [1.54, 1.807) is 6.07 Å². The molecule has 0 saturated carbocycles. The van der Waals surface area contributed by atoms with Crippen LogP contribution in [0.4, 0.5) is 18.9 Å². The lowest BCUT2D eigenvalue weighted by Crippen LogP contribution is -2.47. The molecule has 2 aromatic carbocycles. The molecule has 3 rings (SSSR count). The second-order valence-corrected chi connectivity index (χ2v) is 6.32. The SMILES string of the molecule is C=CC(=O)NC1Cc2ccccc2N(Cc2cccc(C(F)(F)F)c2)C1. The lowest BCUT2D eigenvalue weighted by atomic mass is 9.97. The summed E-state index contributed by atoms with van der Waals surface area (Å²) >= 11 is 0. The van der Waals surface area contributed by atoms with E-state index in [0.29, 0.717) is 25.1 Å². The molecule has 0 aromatic heterocycles. The third-order valence-corrected chi connectivity index (χ3v) is 4.40. The van der Waals surface area contributed by atoms with Gasteiger partial charge in [-0.3, -0.25) is 4.79 Å². The molecular weight excluding hydrogens is 341 g/mol. The van der Waals surface area contributed by atoms with Gasteiger partial charge in [-0.05, 0) is 41.8 Å². The molecule has 0 spiro atoms. The summed E-state index contributed by atoms with van der Waals surface area (Å²) in [4.78, 5) is 13.6. The van der Waals surface area contributed by atoms with Gasteiger partial charge in [0, 0.05) is 18.8 Å². The Morgan fingerprint density at radius 3 is 2.73 bits per heavy atom. The summed E-state index contributed by atoms with van der Waals surface area (Å²) in [6, 6.07) is 13.0. The highest BCUT2D eigenvalue weighted by Crippen LogP contribution is 2.32. The van der Waals surface area contributed by atoms with Gasteiger partial charge in [0.1, 0.15) is 0 Å². The number of hydrogen-bond donors (Lipinski definition) is 1. The van der Waals surface area contributed by atoms with Crippen molar-refractivity contribution in [1.82, 2.24) is 5.32 Å². The molecule has 1 aliphatic rings. The molecule has 0 radical (unpaired) electrons. The molecule has 1 amide bonds. The van der Waals surface area contributed by atoms with Gasteiger partial charge in [-0.25, -0.2) is 0 Å². The van der Waals surface area contributed by atoms with E-state index >= 15 is 0 Å². The van der Waals surface area contributed by atoms with E-state index in [4.69, 9.17) is 0 Å². The van der Waals surface area contributed by atoms with E-state index in [0.717, 1.165) is 17.3 Å². The first-order chi connectivity index (χ1) is 12.4. The highest BCUT2D eigenvalue weighted by atomic mass is 19.4. The van der Waals surface area contributed by atoms with E-state index in [-0.39, 0.29) is 11.9 Å². The zero-order valence-electron chi connectivity index (χ0n) is 14.1. The van der Waals surface area contributed by atoms with E-state index in [2.05, 4.69) is 11.9 Å². The van der Waals surface area contributed by atoms with Gasteiger partial charge in [-0.2, -0.15) is 13.2 Å². The van der Waals surface area contributed by atoms with Crippen molar-refractivity contribution in [2.75, 3.05) is 11.4 Å². The quantitative estimate of drug-likeness (QED) is 0.838. The number of nitrogens with one attached hydrogen (secondary N) is 1. The fraction of sp³-hybridized carbons (Fsp3) is 0.250. The van der Waals surface area contributed by atoms with Crippen molar-refractivity contribution in [1.29, 1.82) is 0 Å². The average molecular weight is 360 g/mol. The van der Waals surface area contributed by atoms with E-state index in [1.165, 1.54) is 18.2 Å². The number of alkyl halides is 3. The molecule has 2 aromatic rings. The van der Waals surface area contributed by atoms with Gasteiger partial charge in [0.15, 0.2) is 0 Å². The standard InChI is InChI=1S/C20H19F3N2O/c1-2-19(26)24-17-11-15-7-3-4-9-18(15)25(13-17)12-14-6-5-8-16(10-14)20(21,22)23/h2-10,17H,1,11-13H2,(H,24,26). The number of carbonyl (C=O) groups excluding carboxylic acids is 1. The average Bonchev–Trinajstić information content (AvgIpc) is 2.61. The summed E-state index contributed by atoms with van der Waals surface area (Å²) in [6.45, 7) is 4.31. The van der Waals surface area contributed by atoms with Crippen LogP contribution in [0.3, 0.4) is 0 Å². The van der Waals surface area contributed by atoms with Crippen LogP contribution in [-0.2, 0) is 23.9 Å². The molecule has 0 bridgehead atoms. The van der Waals surface area contributed by atoms with Gasteiger partial charge in [-0.15, -0.1) is 0 Å². The molecule has 26 heavy (non-hydrogen) atoms. The van der Waals surface area contributed by atoms with Gasteiger partial charge in [0.25, 0.3) is 0 Å². The maximum absolute atomic E-state index is 13.0. The van der Waals surface area contributed by atoms with Crippen molar-refractivity contribution in [3.05, 3.63) is 77.9 Å². The smallest absolute Gasteiger partial charge is 0.365 e. The normalized spacial score (nSPS) is 16.7.